The lowest BCUT2D eigenvalue weighted by atomic mass is 10.1. The zero-order valence-electron chi connectivity index (χ0n) is 10.4. The summed E-state index contributed by atoms with van der Waals surface area (Å²) in [6.07, 6.45) is 0. The van der Waals surface area contributed by atoms with E-state index >= 15 is 0 Å². The molecule has 0 bridgehead atoms. The van der Waals surface area contributed by atoms with Crippen molar-refractivity contribution in [3.8, 4) is 5.75 Å². The van der Waals surface area contributed by atoms with Gasteiger partial charge in [-0.1, -0.05) is 0 Å². The Hall–Kier alpha value is -2.23. The number of hydrogen-bond donors (Lipinski definition) is 0. The molecule has 1 aromatic carbocycles. The maximum Gasteiger partial charge on any atom is 0.347 e. The van der Waals surface area contributed by atoms with Crippen molar-refractivity contribution in [2.24, 2.45) is 0 Å². The fourth-order valence-corrected chi connectivity index (χ4v) is 2.28. The van der Waals surface area contributed by atoms with E-state index in [2.05, 4.69) is 0 Å². The summed E-state index contributed by atoms with van der Waals surface area (Å²) in [5.74, 6) is 1.85. The minimum absolute atomic E-state index is 0.386. The number of rotatable bonds is 1. The van der Waals surface area contributed by atoms with Gasteiger partial charge in [-0.3, -0.25) is 0 Å². The van der Waals surface area contributed by atoms with Crippen LogP contribution in [0.5, 0.6) is 5.75 Å². The molecule has 0 aliphatic rings. The predicted molar refractivity (Wildman–Crippen MR) is 68.3 cm³/mol. The molecule has 0 spiro atoms. The van der Waals surface area contributed by atoms with Crippen LogP contribution in [0.1, 0.15) is 11.5 Å². The van der Waals surface area contributed by atoms with E-state index in [1.165, 1.54) is 7.11 Å². The van der Waals surface area contributed by atoms with Crippen molar-refractivity contribution in [1.29, 1.82) is 0 Å². The molecule has 2 heterocycles. The van der Waals surface area contributed by atoms with Crippen LogP contribution in [0.3, 0.4) is 0 Å². The van der Waals surface area contributed by atoms with Crippen molar-refractivity contribution in [3.63, 3.8) is 0 Å². The molecule has 0 unspecified atom stereocenters. The van der Waals surface area contributed by atoms with Gasteiger partial charge >= 0.3 is 5.63 Å². The Balaban J connectivity index is 2.62. The molecule has 0 saturated carbocycles. The molecule has 4 heteroatoms. The molecular weight excluding hydrogens is 232 g/mol. The zero-order valence-corrected chi connectivity index (χ0v) is 10.4. The van der Waals surface area contributed by atoms with Gasteiger partial charge in [0.05, 0.1) is 12.5 Å². The van der Waals surface area contributed by atoms with E-state index < -0.39 is 0 Å². The van der Waals surface area contributed by atoms with Gasteiger partial charge in [-0.2, -0.15) is 0 Å². The monoisotopic (exact) mass is 244 g/mol. The first-order valence-corrected chi connectivity index (χ1v) is 5.62. The molecule has 92 valence electrons. The van der Waals surface area contributed by atoms with Crippen LogP contribution in [0.25, 0.3) is 21.7 Å². The van der Waals surface area contributed by atoms with Gasteiger partial charge in [0.25, 0.3) is 0 Å². The lowest BCUT2D eigenvalue weighted by molar-refractivity contribution is 0.420. The van der Waals surface area contributed by atoms with Crippen LogP contribution in [0.2, 0.25) is 0 Å². The molecule has 3 rings (SSSR count). The number of fused-ring (bicyclic) bond motifs is 2. The fourth-order valence-electron chi connectivity index (χ4n) is 2.28. The Morgan fingerprint density at radius 2 is 1.78 bits per heavy atom. The average molecular weight is 244 g/mol. The third kappa shape index (κ3) is 1.42. The Morgan fingerprint density at radius 3 is 2.50 bits per heavy atom. The second kappa shape index (κ2) is 3.63. The third-order valence-corrected chi connectivity index (χ3v) is 2.95. The molecule has 4 nitrogen and oxygen atoms in total. The van der Waals surface area contributed by atoms with E-state index in [4.69, 9.17) is 13.6 Å². The van der Waals surface area contributed by atoms with Crippen molar-refractivity contribution in [3.05, 3.63) is 40.1 Å². The van der Waals surface area contributed by atoms with Gasteiger partial charge in [-0.25, -0.2) is 4.79 Å². The molecule has 3 aromatic rings. The van der Waals surface area contributed by atoms with Crippen LogP contribution in [0.15, 0.2) is 31.8 Å². The van der Waals surface area contributed by atoms with E-state index in [1.807, 2.05) is 19.1 Å². The van der Waals surface area contributed by atoms with Crippen LogP contribution < -0.4 is 10.4 Å². The Bertz CT molecular complexity index is 808. The zero-order chi connectivity index (χ0) is 12.9. The number of aryl methyl sites for hydroxylation is 2. The number of methoxy groups -OCH3 is 1. The summed E-state index contributed by atoms with van der Waals surface area (Å²) in [4.78, 5) is 12.0. The van der Waals surface area contributed by atoms with E-state index in [9.17, 15) is 4.79 Å². The predicted octanol–water partition coefficient (Wildman–Crippen LogP) is 3.16. The second-order valence-corrected chi connectivity index (χ2v) is 4.29. The fraction of sp³-hybridized carbons (Fsp3) is 0.214. The molecule has 0 atom stereocenters. The first kappa shape index (κ1) is 10.9. The molecule has 0 N–H and O–H groups in total. The van der Waals surface area contributed by atoms with Crippen molar-refractivity contribution in [1.82, 2.24) is 0 Å². The van der Waals surface area contributed by atoms with Crippen molar-refractivity contribution >= 4 is 21.7 Å². The van der Waals surface area contributed by atoms with Gasteiger partial charge in [0.2, 0.25) is 0 Å². The second-order valence-electron chi connectivity index (χ2n) is 4.29. The smallest absolute Gasteiger partial charge is 0.347 e. The molecule has 0 aliphatic carbocycles. The van der Waals surface area contributed by atoms with Crippen LogP contribution >= 0.6 is 0 Å². The summed E-state index contributed by atoms with van der Waals surface area (Å²) in [5, 5.41) is 2.01. The normalized spacial score (nSPS) is 11.3. The van der Waals surface area contributed by atoms with Crippen molar-refractivity contribution in [2.75, 3.05) is 7.11 Å². The minimum atomic E-state index is -0.386. The summed E-state index contributed by atoms with van der Waals surface area (Å²) in [6, 6.07) is 5.49. The molecule has 0 radical (unpaired) electrons. The SMILES string of the molecule is COc1c2cc(C)oc2cc2cc(C)oc(=O)c12. The standard InChI is InChI=1S/C14H12O4/c1-7-4-9-6-11-10(5-8(2)17-11)13(16-3)12(9)14(15)18-7/h4-6H,1-3H3. The first-order chi connectivity index (χ1) is 8.60. The van der Waals surface area contributed by atoms with E-state index in [0.717, 1.165) is 16.5 Å². The quantitative estimate of drug-likeness (QED) is 0.659. The third-order valence-electron chi connectivity index (χ3n) is 2.95. The van der Waals surface area contributed by atoms with E-state index in [-0.39, 0.29) is 5.63 Å². The summed E-state index contributed by atoms with van der Waals surface area (Å²) < 4.78 is 16.1. The highest BCUT2D eigenvalue weighted by Crippen LogP contribution is 2.34. The van der Waals surface area contributed by atoms with Gasteiger partial charge in [-0.15, -0.1) is 0 Å². The van der Waals surface area contributed by atoms with Crippen LogP contribution in [0, 0.1) is 13.8 Å². The number of ether oxygens (including phenoxy) is 1. The number of hydrogen-bond acceptors (Lipinski definition) is 4. The van der Waals surface area contributed by atoms with Gasteiger partial charge < -0.3 is 13.6 Å². The minimum Gasteiger partial charge on any atom is -0.495 e. The lowest BCUT2D eigenvalue weighted by Crippen LogP contribution is -2.02. The van der Waals surface area contributed by atoms with E-state index in [0.29, 0.717) is 22.5 Å². The number of benzene rings is 1. The molecule has 18 heavy (non-hydrogen) atoms. The lowest BCUT2D eigenvalue weighted by Gasteiger charge is -2.05. The van der Waals surface area contributed by atoms with Gasteiger partial charge in [0.15, 0.2) is 0 Å². The van der Waals surface area contributed by atoms with Crippen LogP contribution in [-0.4, -0.2) is 7.11 Å². The van der Waals surface area contributed by atoms with E-state index in [1.54, 1.807) is 13.0 Å². The average Bonchev–Trinajstić information content (AvgIpc) is 2.65. The number of furan rings is 1. The molecule has 0 saturated heterocycles. The van der Waals surface area contributed by atoms with Crippen LogP contribution in [-0.2, 0) is 0 Å². The Morgan fingerprint density at radius 1 is 1.06 bits per heavy atom. The van der Waals surface area contributed by atoms with Crippen molar-refractivity contribution in [2.45, 2.75) is 13.8 Å². The van der Waals surface area contributed by atoms with Crippen LogP contribution in [0.4, 0.5) is 0 Å². The highest BCUT2D eigenvalue weighted by Gasteiger charge is 2.15. The topological polar surface area (TPSA) is 52.6 Å². The van der Waals surface area contributed by atoms with Gasteiger partial charge in [0.1, 0.15) is 28.2 Å². The summed E-state index contributed by atoms with van der Waals surface area (Å²) in [5.41, 5.74) is 0.324. The van der Waals surface area contributed by atoms with Crippen molar-refractivity contribution < 1.29 is 13.6 Å². The Kier molecular flexibility index (Phi) is 2.20. The summed E-state index contributed by atoms with van der Waals surface area (Å²) in [7, 11) is 1.54. The van der Waals surface area contributed by atoms with Gasteiger partial charge in [-0.05, 0) is 37.4 Å². The summed E-state index contributed by atoms with van der Waals surface area (Å²) in [6.45, 7) is 3.60. The highest BCUT2D eigenvalue weighted by molar-refractivity contribution is 6.03. The molecule has 0 fully saturated rings. The molecular formula is C14H12O4. The molecule has 0 amide bonds. The maximum atomic E-state index is 12.0. The Labute approximate surface area is 103 Å². The molecule has 2 aromatic heterocycles. The molecule has 0 aliphatic heterocycles. The highest BCUT2D eigenvalue weighted by atomic mass is 16.5. The largest absolute Gasteiger partial charge is 0.495 e. The summed E-state index contributed by atoms with van der Waals surface area (Å²) >= 11 is 0. The first-order valence-electron chi connectivity index (χ1n) is 5.62. The maximum absolute atomic E-state index is 12.0. The van der Waals surface area contributed by atoms with Gasteiger partial charge in [0, 0.05) is 0 Å².